The number of fused-ring (bicyclic) bond motifs is 1. The van der Waals surface area contributed by atoms with Gasteiger partial charge in [0.15, 0.2) is 0 Å². The highest BCUT2D eigenvalue weighted by molar-refractivity contribution is 6.30. The predicted molar refractivity (Wildman–Crippen MR) is 133 cm³/mol. The van der Waals surface area contributed by atoms with Gasteiger partial charge < -0.3 is 15.1 Å². The number of amides is 1. The van der Waals surface area contributed by atoms with Gasteiger partial charge in [0, 0.05) is 42.5 Å². The molecule has 2 aromatic rings. The summed E-state index contributed by atoms with van der Waals surface area (Å²) in [5.74, 6) is 2.45. The number of piperazine rings is 1. The molecule has 33 heavy (non-hydrogen) atoms. The standard InChI is InChI=1S/C26H32ClN5O/c1-18-16-19(2)30-23-22(18)24(29-17-28-23)31-12-14-32(15-13-31)25(33)26(10-4-3-5-11-26)20-6-8-21(27)9-7-20/h6-9,17-18H,2-5,10-16H2,1H3,(H,28,29,30)/t18-/m1/s1. The van der Waals surface area contributed by atoms with Crippen LogP contribution in [0.5, 0.6) is 0 Å². The van der Waals surface area contributed by atoms with Gasteiger partial charge in [0.05, 0.1) is 5.41 Å². The van der Waals surface area contributed by atoms with Crippen molar-refractivity contribution >= 4 is 29.1 Å². The second-order valence-electron chi connectivity index (χ2n) is 9.72. The fraction of sp³-hybridized carbons (Fsp3) is 0.500. The van der Waals surface area contributed by atoms with E-state index in [4.69, 9.17) is 11.6 Å². The largest absolute Gasteiger partial charge is 0.353 e. The summed E-state index contributed by atoms with van der Waals surface area (Å²) >= 11 is 6.15. The Morgan fingerprint density at radius 3 is 2.48 bits per heavy atom. The van der Waals surface area contributed by atoms with Gasteiger partial charge in [0.25, 0.3) is 0 Å². The van der Waals surface area contributed by atoms with E-state index >= 15 is 0 Å². The van der Waals surface area contributed by atoms with Crippen LogP contribution < -0.4 is 10.2 Å². The van der Waals surface area contributed by atoms with E-state index in [1.165, 1.54) is 6.42 Å². The van der Waals surface area contributed by atoms with Crippen LogP contribution in [0, 0.1) is 0 Å². The van der Waals surface area contributed by atoms with Crippen molar-refractivity contribution < 1.29 is 4.79 Å². The van der Waals surface area contributed by atoms with Crippen LogP contribution in [0.1, 0.15) is 62.5 Å². The average molecular weight is 466 g/mol. The highest BCUT2D eigenvalue weighted by Gasteiger charge is 2.44. The molecule has 1 aromatic carbocycles. The minimum absolute atomic E-state index is 0.278. The fourth-order valence-corrected chi connectivity index (χ4v) is 5.98. The number of hydrogen-bond donors (Lipinski definition) is 1. The number of nitrogens with zero attached hydrogens (tertiary/aromatic N) is 4. The van der Waals surface area contributed by atoms with Crippen molar-refractivity contribution in [2.24, 2.45) is 0 Å². The molecular formula is C26H32ClN5O. The fourth-order valence-electron chi connectivity index (χ4n) is 5.86. The van der Waals surface area contributed by atoms with E-state index in [9.17, 15) is 4.79 Å². The number of allylic oxidation sites excluding steroid dienone is 1. The molecule has 1 atom stereocenters. The molecule has 2 fully saturated rings. The maximum Gasteiger partial charge on any atom is 0.233 e. The Morgan fingerprint density at radius 1 is 1.09 bits per heavy atom. The molecule has 1 saturated heterocycles. The van der Waals surface area contributed by atoms with Gasteiger partial charge in [-0.25, -0.2) is 9.97 Å². The third-order valence-corrected chi connectivity index (χ3v) is 7.84. The van der Waals surface area contributed by atoms with Crippen molar-refractivity contribution in [3.63, 3.8) is 0 Å². The first-order valence-electron chi connectivity index (χ1n) is 12.1. The van der Waals surface area contributed by atoms with E-state index in [0.717, 1.165) is 73.7 Å². The number of rotatable bonds is 3. The number of benzene rings is 1. The summed E-state index contributed by atoms with van der Waals surface area (Å²) in [7, 11) is 0. The molecule has 1 aliphatic carbocycles. The lowest BCUT2D eigenvalue weighted by atomic mass is 9.68. The third-order valence-electron chi connectivity index (χ3n) is 7.58. The van der Waals surface area contributed by atoms with Crippen LogP contribution in [-0.2, 0) is 10.2 Å². The highest BCUT2D eigenvalue weighted by atomic mass is 35.5. The number of anilines is 2. The van der Waals surface area contributed by atoms with Crippen LogP contribution in [0.2, 0.25) is 5.02 Å². The van der Waals surface area contributed by atoms with Crippen LogP contribution in [0.25, 0.3) is 0 Å². The maximum absolute atomic E-state index is 14.0. The van der Waals surface area contributed by atoms with Crippen molar-refractivity contribution in [2.45, 2.75) is 56.8 Å². The lowest BCUT2D eigenvalue weighted by molar-refractivity contribution is -0.139. The summed E-state index contributed by atoms with van der Waals surface area (Å²) in [6.45, 7) is 9.26. The quantitative estimate of drug-likeness (QED) is 0.682. The first kappa shape index (κ1) is 22.2. The van der Waals surface area contributed by atoms with E-state index < -0.39 is 5.41 Å². The monoisotopic (exact) mass is 465 g/mol. The predicted octanol–water partition coefficient (Wildman–Crippen LogP) is 5.11. The number of halogens is 1. The van der Waals surface area contributed by atoms with Gasteiger partial charge in [0.1, 0.15) is 18.0 Å². The molecule has 6 nitrogen and oxygen atoms in total. The van der Waals surface area contributed by atoms with Crippen LogP contribution in [0.15, 0.2) is 42.9 Å². The first-order valence-corrected chi connectivity index (χ1v) is 12.5. The van der Waals surface area contributed by atoms with Crippen LogP contribution >= 0.6 is 11.6 Å². The molecule has 1 N–H and O–H groups in total. The van der Waals surface area contributed by atoms with Crippen molar-refractivity contribution in [2.75, 3.05) is 36.4 Å². The van der Waals surface area contributed by atoms with Gasteiger partial charge in [0.2, 0.25) is 5.91 Å². The molecule has 1 amide bonds. The van der Waals surface area contributed by atoms with E-state index in [0.29, 0.717) is 24.0 Å². The first-order chi connectivity index (χ1) is 16.0. The summed E-state index contributed by atoms with van der Waals surface area (Å²) in [5.41, 5.74) is 2.85. The lowest BCUT2D eigenvalue weighted by Crippen LogP contribution is -2.55. The summed E-state index contributed by atoms with van der Waals surface area (Å²) < 4.78 is 0. The molecule has 0 unspecified atom stereocenters. The topological polar surface area (TPSA) is 61.4 Å². The van der Waals surface area contributed by atoms with Gasteiger partial charge in [-0.15, -0.1) is 0 Å². The molecule has 0 spiro atoms. The summed E-state index contributed by atoms with van der Waals surface area (Å²) in [6.07, 6.45) is 7.74. The Bertz CT molecular complexity index is 1040. The lowest BCUT2D eigenvalue weighted by Gasteiger charge is -2.44. The Labute approximate surface area is 201 Å². The summed E-state index contributed by atoms with van der Waals surface area (Å²) in [4.78, 5) is 27.4. The molecule has 3 heterocycles. The van der Waals surface area contributed by atoms with Crippen LogP contribution in [-0.4, -0.2) is 47.0 Å². The minimum atomic E-state index is -0.419. The smallest absolute Gasteiger partial charge is 0.233 e. The zero-order chi connectivity index (χ0) is 23.0. The maximum atomic E-state index is 14.0. The average Bonchev–Trinajstić information content (AvgIpc) is 2.84. The zero-order valence-corrected chi connectivity index (χ0v) is 20.1. The third kappa shape index (κ3) is 4.10. The number of carbonyl (C=O) groups is 1. The van der Waals surface area contributed by atoms with Gasteiger partial charge in [-0.05, 0) is 42.9 Å². The Balaban J connectivity index is 1.35. The minimum Gasteiger partial charge on any atom is -0.353 e. The SMILES string of the molecule is C=C1C[C@@H](C)c2c(ncnc2N2CCN(C(=O)C3(c4ccc(Cl)cc4)CCCCC3)CC2)N1. The van der Waals surface area contributed by atoms with Crippen LogP contribution in [0.4, 0.5) is 11.6 Å². The molecule has 2 aliphatic heterocycles. The van der Waals surface area contributed by atoms with Gasteiger partial charge >= 0.3 is 0 Å². The van der Waals surface area contributed by atoms with Crippen molar-refractivity contribution in [3.05, 3.63) is 59.0 Å². The Kier molecular flexibility index (Phi) is 6.04. The van der Waals surface area contributed by atoms with Crippen LogP contribution in [0.3, 0.4) is 0 Å². The number of hydrogen-bond acceptors (Lipinski definition) is 5. The molecule has 174 valence electrons. The molecule has 1 saturated carbocycles. The molecular weight excluding hydrogens is 434 g/mol. The number of carbonyl (C=O) groups excluding carboxylic acids is 1. The highest BCUT2D eigenvalue weighted by Crippen LogP contribution is 2.42. The molecule has 1 aromatic heterocycles. The van der Waals surface area contributed by atoms with Gasteiger partial charge in [-0.3, -0.25) is 4.79 Å². The Hall–Kier alpha value is -2.60. The molecule has 7 heteroatoms. The van der Waals surface area contributed by atoms with E-state index in [1.54, 1.807) is 6.33 Å². The summed E-state index contributed by atoms with van der Waals surface area (Å²) in [5, 5.41) is 4.03. The van der Waals surface area contributed by atoms with E-state index in [-0.39, 0.29) is 5.91 Å². The van der Waals surface area contributed by atoms with E-state index in [1.807, 2.05) is 12.1 Å². The molecule has 0 radical (unpaired) electrons. The second kappa shape index (κ2) is 8.98. The van der Waals surface area contributed by atoms with Crippen molar-refractivity contribution in [1.29, 1.82) is 0 Å². The molecule has 3 aliphatic rings. The second-order valence-corrected chi connectivity index (χ2v) is 10.2. The zero-order valence-electron chi connectivity index (χ0n) is 19.3. The normalized spacial score (nSPS) is 22.5. The van der Waals surface area contributed by atoms with E-state index in [2.05, 4.69) is 50.7 Å². The Morgan fingerprint density at radius 2 is 1.79 bits per heavy atom. The molecule has 5 rings (SSSR count). The van der Waals surface area contributed by atoms with Gasteiger partial charge in [-0.2, -0.15) is 0 Å². The van der Waals surface area contributed by atoms with Gasteiger partial charge in [-0.1, -0.05) is 56.5 Å². The van der Waals surface area contributed by atoms with Crippen molar-refractivity contribution in [3.8, 4) is 0 Å². The summed E-state index contributed by atoms with van der Waals surface area (Å²) in [6, 6.07) is 7.94. The van der Waals surface area contributed by atoms with Crippen molar-refractivity contribution in [1.82, 2.24) is 14.9 Å². The number of aromatic nitrogens is 2. The molecule has 0 bridgehead atoms. The number of nitrogens with one attached hydrogen (secondary N) is 1.